The SMILES string of the molecule is COC(=S)N(C(=O)[C@H](C)[C@H]1NC(=O)[C@@H]1[C@@H](C)O[Si](C)(C)C(C)(C)C)c1ccccc1. The Morgan fingerprint density at radius 2 is 1.77 bits per heavy atom. The summed E-state index contributed by atoms with van der Waals surface area (Å²) in [4.78, 5) is 27.2. The Morgan fingerprint density at radius 1 is 1.20 bits per heavy atom. The molecule has 0 radical (unpaired) electrons. The van der Waals surface area contributed by atoms with Gasteiger partial charge < -0.3 is 14.5 Å². The Kier molecular flexibility index (Phi) is 7.48. The van der Waals surface area contributed by atoms with Gasteiger partial charge in [0.1, 0.15) is 0 Å². The van der Waals surface area contributed by atoms with E-state index in [1.54, 1.807) is 12.1 Å². The Hall–Kier alpha value is -1.77. The summed E-state index contributed by atoms with van der Waals surface area (Å²) >= 11 is 5.29. The summed E-state index contributed by atoms with van der Waals surface area (Å²) in [5, 5.41) is 3.02. The molecule has 1 aromatic carbocycles. The van der Waals surface area contributed by atoms with Crippen molar-refractivity contribution in [3.8, 4) is 0 Å². The van der Waals surface area contributed by atoms with Crippen molar-refractivity contribution in [2.45, 2.75) is 64.9 Å². The third-order valence-electron chi connectivity index (χ3n) is 6.31. The van der Waals surface area contributed by atoms with Crippen molar-refractivity contribution in [1.82, 2.24) is 5.32 Å². The molecule has 166 valence electrons. The first kappa shape index (κ1) is 24.5. The van der Waals surface area contributed by atoms with E-state index in [0.29, 0.717) is 5.69 Å². The number of ether oxygens (including phenoxy) is 1. The number of carbonyl (C=O) groups excluding carboxylic acids is 2. The van der Waals surface area contributed by atoms with Crippen molar-refractivity contribution in [2.24, 2.45) is 11.8 Å². The minimum atomic E-state index is -2.05. The minimum absolute atomic E-state index is 0.0349. The van der Waals surface area contributed by atoms with Gasteiger partial charge in [-0.15, -0.1) is 0 Å². The maximum atomic E-state index is 13.4. The van der Waals surface area contributed by atoms with Gasteiger partial charge in [0.05, 0.1) is 36.8 Å². The molecule has 0 bridgehead atoms. The van der Waals surface area contributed by atoms with Gasteiger partial charge in [-0.25, -0.2) is 4.90 Å². The second-order valence-corrected chi connectivity index (χ2v) is 14.5. The Balaban J connectivity index is 2.22. The quantitative estimate of drug-likeness (QED) is 0.401. The number of benzene rings is 1. The number of nitrogens with zero attached hydrogens (tertiary/aromatic N) is 1. The summed E-state index contributed by atoms with van der Waals surface area (Å²) in [5.74, 6) is -1.17. The number of carbonyl (C=O) groups is 2. The molecule has 0 saturated carbocycles. The number of anilines is 1. The molecular formula is C22H34N2O4SSi. The lowest BCUT2D eigenvalue weighted by molar-refractivity contribution is -0.144. The normalized spacial score (nSPS) is 21.1. The number of rotatable bonds is 6. The number of thiocarbonyl (C=S) groups is 1. The maximum Gasteiger partial charge on any atom is 0.270 e. The maximum absolute atomic E-state index is 13.4. The van der Waals surface area contributed by atoms with Gasteiger partial charge in [0.2, 0.25) is 11.8 Å². The molecule has 2 rings (SSSR count). The van der Waals surface area contributed by atoms with Crippen molar-refractivity contribution < 1.29 is 18.8 Å². The van der Waals surface area contributed by atoms with E-state index in [1.165, 1.54) is 12.0 Å². The molecule has 1 fully saturated rings. The molecule has 1 saturated heterocycles. The average molecular weight is 451 g/mol. The van der Waals surface area contributed by atoms with E-state index in [9.17, 15) is 9.59 Å². The monoisotopic (exact) mass is 450 g/mol. The fraction of sp³-hybridized carbons (Fsp3) is 0.591. The molecule has 2 amide bonds. The largest absolute Gasteiger partial charge is 0.474 e. The summed E-state index contributed by atoms with van der Waals surface area (Å²) in [5.41, 5.74) is 0.633. The van der Waals surface area contributed by atoms with E-state index in [1.807, 2.05) is 32.0 Å². The number of hydrogen-bond acceptors (Lipinski definition) is 5. The minimum Gasteiger partial charge on any atom is -0.474 e. The molecule has 30 heavy (non-hydrogen) atoms. The van der Waals surface area contributed by atoms with Gasteiger partial charge >= 0.3 is 0 Å². The highest BCUT2D eigenvalue weighted by Gasteiger charge is 2.51. The highest BCUT2D eigenvalue weighted by molar-refractivity contribution is 7.80. The smallest absolute Gasteiger partial charge is 0.270 e. The molecule has 1 N–H and O–H groups in total. The molecule has 0 unspecified atom stereocenters. The third-order valence-corrected chi connectivity index (χ3v) is 11.2. The first-order chi connectivity index (χ1) is 13.8. The van der Waals surface area contributed by atoms with Crippen molar-refractivity contribution in [1.29, 1.82) is 0 Å². The number of para-hydroxylation sites is 1. The van der Waals surface area contributed by atoms with Crippen molar-refractivity contribution in [2.75, 3.05) is 12.0 Å². The molecule has 4 atom stereocenters. The van der Waals surface area contributed by atoms with E-state index in [0.717, 1.165) is 0 Å². The van der Waals surface area contributed by atoms with Gasteiger partial charge in [-0.2, -0.15) is 0 Å². The van der Waals surface area contributed by atoms with Crippen LogP contribution >= 0.6 is 12.2 Å². The Morgan fingerprint density at radius 3 is 2.23 bits per heavy atom. The molecule has 0 aliphatic carbocycles. The predicted octanol–water partition coefficient (Wildman–Crippen LogP) is 4.11. The molecule has 0 spiro atoms. The number of hydrogen-bond donors (Lipinski definition) is 1. The van der Waals surface area contributed by atoms with Gasteiger partial charge in [0.25, 0.3) is 5.17 Å². The summed E-state index contributed by atoms with van der Waals surface area (Å²) in [6.45, 7) is 14.6. The number of methoxy groups -OCH3 is 1. The summed E-state index contributed by atoms with van der Waals surface area (Å²) in [6, 6.07) is 8.82. The number of amides is 2. The van der Waals surface area contributed by atoms with Gasteiger partial charge in [-0.05, 0) is 49.4 Å². The molecular weight excluding hydrogens is 416 g/mol. The van der Waals surface area contributed by atoms with Crippen LogP contribution in [0.1, 0.15) is 34.6 Å². The van der Waals surface area contributed by atoms with Crippen LogP contribution in [0.5, 0.6) is 0 Å². The van der Waals surface area contributed by atoms with Gasteiger partial charge in [0.15, 0.2) is 8.32 Å². The molecule has 1 aliphatic rings. The number of nitrogens with one attached hydrogen (secondary N) is 1. The van der Waals surface area contributed by atoms with Gasteiger partial charge in [0, 0.05) is 0 Å². The van der Waals surface area contributed by atoms with Crippen LogP contribution in [0.2, 0.25) is 18.1 Å². The van der Waals surface area contributed by atoms with Crippen molar-refractivity contribution in [3.63, 3.8) is 0 Å². The topological polar surface area (TPSA) is 67.9 Å². The average Bonchev–Trinajstić information content (AvgIpc) is 2.64. The van der Waals surface area contributed by atoms with E-state index in [2.05, 4.69) is 39.2 Å². The lowest BCUT2D eigenvalue weighted by Gasteiger charge is -2.47. The molecule has 1 aromatic rings. The first-order valence-electron chi connectivity index (χ1n) is 10.3. The third kappa shape index (κ3) is 4.92. The van der Waals surface area contributed by atoms with Crippen LogP contribution in [-0.4, -0.2) is 44.6 Å². The highest BCUT2D eigenvalue weighted by Crippen LogP contribution is 2.39. The highest BCUT2D eigenvalue weighted by atomic mass is 32.1. The number of β-lactam (4-membered cyclic amide) rings is 1. The predicted molar refractivity (Wildman–Crippen MR) is 126 cm³/mol. The lowest BCUT2D eigenvalue weighted by atomic mass is 9.78. The van der Waals surface area contributed by atoms with E-state index in [-0.39, 0.29) is 40.1 Å². The van der Waals surface area contributed by atoms with Crippen LogP contribution in [0, 0.1) is 11.8 Å². The van der Waals surface area contributed by atoms with Crippen molar-refractivity contribution >= 4 is 43.2 Å². The van der Waals surface area contributed by atoms with Crippen LogP contribution in [0.3, 0.4) is 0 Å². The summed E-state index contributed by atoms with van der Waals surface area (Å²) in [7, 11) is -0.605. The zero-order chi connectivity index (χ0) is 22.9. The molecule has 6 nitrogen and oxygen atoms in total. The second-order valence-electron chi connectivity index (χ2n) is 9.41. The van der Waals surface area contributed by atoms with Crippen LogP contribution < -0.4 is 10.2 Å². The van der Waals surface area contributed by atoms with Gasteiger partial charge in [-0.1, -0.05) is 45.9 Å². The van der Waals surface area contributed by atoms with Crippen molar-refractivity contribution in [3.05, 3.63) is 30.3 Å². The standard InChI is InChI=1S/C22H34N2O4SSi/c1-14(20(26)24(21(29)27-6)16-12-10-9-11-13-16)18-17(19(25)23-18)15(2)28-30(7,8)22(3,4)5/h9-15,17-18H,1-8H3,(H,23,25)/t14-,15-,17-,18-/m1/s1. The Labute approximate surface area is 186 Å². The van der Waals surface area contributed by atoms with Crippen LogP contribution in [-0.2, 0) is 18.8 Å². The zero-order valence-corrected chi connectivity index (χ0v) is 21.0. The van der Waals surface area contributed by atoms with Crippen LogP contribution in [0.25, 0.3) is 0 Å². The van der Waals surface area contributed by atoms with E-state index >= 15 is 0 Å². The molecule has 8 heteroatoms. The van der Waals surface area contributed by atoms with Crippen LogP contribution in [0.15, 0.2) is 30.3 Å². The van der Waals surface area contributed by atoms with Crippen LogP contribution in [0.4, 0.5) is 5.69 Å². The molecule has 1 aliphatic heterocycles. The summed E-state index contributed by atoms with van der Waals surface area (Å²) < 4.78 is 11.7. The fourth-order valence-corrected chi connectivity index (χ4v) is 5.05. The second kappa shape index (κ2) is 9.16. The lowest BCUT2D eigenvalue weighted by Crippen LogP contribution is -2.67. The summed E-state index contributed by atoms with van der Waals surface area (Å²) in [6.07, 6.45) is -0.278. The van der Waals surface area contributed by atoms with E-state index < -0.39 is 14.2 Å². The fourth-order valence-electron chi connectivity index (χ4n) is 3.42. The van der Waals surface area contributed by atoms with E-state index in [4.69, 9.17) is 21.4 Å². The molecule has 1 heterocycles. The first-order valence-corrected chi connectivity index (χ1v) is 13.6. The zero-order valence-electron chi connectivity index (χ0n) is 19.2. The van der Waals surface area contributed by atoms with Gasteiger partial charge in [-0.3, -0.25) is 9.59 Å². The molecule has 0 aromatic heterocycles. The Bertz CT molecular complexity index is 794.